The van der Waals surface area contributed by atoms with Gasteiger partial charge in [0.05, 0.1) is 13.2 Å². The van der Waals surface area contributed by atoms with Gasteiger partial charge in [-0.3, -0.25) is 9.59 Å². The number of fused-ring (bicyclic) bond motifs is 2. The number of hydrogen-bond donors (Lipinski definition) is 0. The van der Waals surface area contributed by atoms with E-state index < -0.39 is 0 Å². The van der Waals surface area contributed by atoms with E-state index in [4.69, 9.17) is 4.74 Å². The fourth-order valence-electron chi connectivity index (χ4n) is 3.93. The van der Waals surface area contributed by atoms with Crippen LogP contribution in [-0.4, -0.2) is 46.9 Å². The lowest BCUT2D eigenvalue weighted by Gasteiger charge is -2.31. The Labute approximate surface area is 148 Å². The summed E-state index contributed by atoms with van der Waals surface area (Å²) in [6.07, 6.45) is 7.02. The van der Waals surface area contributed by atoms with Crippen molar-refractivity contribution in [3.8, 4) is 0 Å². The number of amides is 1. The number of aromatic nitrogens is 2. The van der Waals surface area contributed by atoms with Crippen LogP contribution in [0.15, 0.2) is 29.1 Å². The molecule has 2 bridgehead atoms. The second kappa shape index (κ2) is 7.52. The Morgan fingerprint density at radius 3 is 2.76 bits per heavy atom. The molecule has 1 aromatic heterocycles. The molecule has 1 heterocycles. The van der Waals surface area contributed by atoms with Crippen LogP contribution >= 0.6 is 0 Å². The smallest absolute Gasteiger partial charge is 0.274 e. The van der Waals surface area contributed by atoms with Crippen LogP contribution in [0.3, 0.4) is 0 Å². The summed E-state index contributed by atoms with van der Waals surface area (Å²) in [5.41, 5.74) is 0.103. The molecule has 1 amide bonds. The van der Waals surface area contributed by atoms with Gasteiger partial charge in [-0.05, 0) is 50.5 Å². The Hall–Kier alpha value is -1.95. The Morgan fingerprint density at radius 2 is 2.16 bits per heavy atom. The fraction of sp³-hybridized carbons (Fsp3) is 0.632. The highest BCUT2D eigenvalue weighted by molar-refractivity contribution is 5.92. The summed E-state index contributed by atoms with van der Waals surface area (Å²) in [5, 5.41) is 4.25. The van der Waals surface area contributed by atoms with E-state index in [0.29, 0.717) is 36.6 Å². The van der Waals surface area contributed by atoms with E-state index in [0.717, 1.165) is 6.54 Å². The molecular formula is C19H27N3O3. The third-order valence-corrected chi connectivity index (χ3v) is 5.32. The lowest BCUT2D eigenvalue weighted by Crippen LogP contribution is -2.42. The molecule has 1 saturated carbocycles. The number of carbonyl (C=O) groups excluding carboxylic acids is 1. The lowest BCUT2D eigenvalue weighted by atomic mass is 9.92. The van der Waals surface area contributed by atoms with Crippen molar-refractivity contribution in [3.05, 3.63) is 40.3 Å². The van der Waals surface area contributed by atoms with E-state index in [-0.39, 0.29) is 17.5 Å². The molecule has 25 heavy (non-hydrogen) atoms. The second-order valence-electron chi connectivity index (χ2n) is 7.36. The second-order valence-corrected chi connectivity index (χ2v) is 7.36. The largest absolute Gasteiger partial charge is 0.383 e. The molecule has 1 fully saturated rings. The van der Waals surface area contributed by atoms with E-state index in [2.05, 4.69) is 17.3 Å². The third kappa shape index (κ3) is 3.84. The van der Waals surface area contributed by atoms with Gasteiger partial charge in [0.2, 0.25) is 0 Å². The molecule has 136 valence electrons. The molecule has 1 aromatic rings. The van der Waals surface area contributed by atoms with Gasteiger partial charge in [-0.1, -0.05) is 12.2 Å². The van der Waals surface area contributed by atoms with Gasteiger partial charge < -0.3 is 9.64 Å². The first kappa shape index (κ1) is 17.9. The predicted molar refractivity (Wildman–Crippen MR) is 95.4 cm³/mol. The molecule has 0 N–H and O–H groups in total. The van der Waals surface area contributed by atoms with Gasteiger partial charge in [-0.25, -0.2) is 4.68 Å². The summed E-state index contributed by atoms with van der Waals surface area (Å²) >= 11 is 0. The van der Waals surface area contributed by atoms with Gasteiger partial charge >= 0.3 is 0 Å². The zero-order valence-corrected chi connectivity index (χ0v) is 15.2. The van der Waals surface area contributed by atoms with Crippen molar-refractivity contribution in [1.82, 2.24) is 14.7 Å². The number of nitrogens with zero attached hydrogens (tertiary/aromatic N) is 3. The maximum Gasteiger partial charge on any atom is 0.274 e. The predicted octanol–water partition coefficient (Wildman–Crippen LogP) is 1.95. The zero-order valence-electron chi connectivity index (χ0n) is 15.2. The third-order valence-electron chi connectivity index (χ3n) is 5.32. The summed E-state index contributed by atoms with van der Waals surface area (Å²) in [7, 11) is 1.57. The van der Waals surface area contributed by atoms with Crippen LogP contribution in [0, 0.1) is 17.8 Å². The van der Waals surface area contributed by atoms with Crippen molar-refractivity contribution < 1.29 is 9.53 Å². The molecule has 2 aliphatic carbocycles. The number of hydrogen-bond acceptors (Lipinski definition) is 4. The first-order valence-corrected chi connectivity index (χ1v) is 9.06. The first-order valence-electron chi connectivity index (χ1n) is 9.06. The molecular weight excluding hydrogens is 318 g/mol. The number of carbonyl (C=O) groups is 1. The highest BCUT2D eigenvalue weighted by Gasteiger charge is 2.37. The average Bonchev–Trinajstić information content (AvgIpc) is 3.21. The number of methoxy groups -OCH3 is 1. The molecule has 0 aromatic carbocycles. The van der Waals surface area contributed by atoms with E-state index >= 15 is 0 Å². The van der Waals surface area contributed by atoms with Crippen molar-refractivity contribution in [3.63, 3.8) is 0 Å². The normalized spacial score (nSPS) is 24.2. The van der Waals surface area contributed by atoms with Crippen LogP contribution in [0.1, 0.15) is 37.2 Å². The van der Waals surface area contributed by atoms with Gasteiger partial charge in [-0.2, -0.15) is 5.10 Å². The Bertz CT molecular complexity index is 710. The number of ether oxygens (including phenoxy) is 1. The number of allylic oxidation sites excluding steroid dienone is 2. The Morgan fingerprint density at radius 1 is 1.36 bits per heavy atom. The molecule has 0 radical (unpaired) electrons. The van der Waals surface area contributed by atoms with Crippen molar-refractivity contribution in [1.29, 1.82) is 0 Å². The minimum absolute atomic E-state index is 0.0942. The fourth-order valence-corrected chi connectivity index (χ4v) is 3.93. The molecule has 3 atom stereocenters. The topological polar surface area (TPSA) is 64.4 Å². The van der Waals surface area contributed by atoms with E-state index in [1.165, 1.54) is 29.7 Å². The zero-order chi connectivity index (χ0) is 18.0. The lowest BCUT2D eigenvalue weighted by molar-refractivity contribution is 0.0651. The van der Waals surface area contributed by atoms with Crippen LogP contribution in [0.4, 0.5) is 0 Å². The molecule has 0 spiro atoms. The standard InChI is InChI=1S/C19H27N3O3/c1-13(2)21(12-16-11-14-4-5-15(16)10-14)19(24)17-6-7-18(23)22(20-17)8-9-25-3/h4-7,13-16H,8-12H2,1-3H3/t14-,15-,16-/m0/s1. The summed E-state index contributed by atoms with van der Waals surface area (Å²) in [6.45, 7) is 5.54. The first-order chi connectivity index (χ1) is 12.0. The number of rotatable bonds is 7. The molecule has 0 saturated heterocycles. The van der Waals surface area contributed by atoms with Crippen LogP contribution in [0.25, 0.3) is 0 Å². The van der Waals surface area contributed by atoms with Crippen LogP contribution in [0.5, 0.6) is 0 Å². The van der Waals surface area contributed by atoms with Crippen molar-refractivity contribution in [2.75, 3.05) is 20.3 Å². The summed E-state index contributed by atoms with van der Waals surface area (Å²) in [4.78, 5) is 26.8. The minimum atomic E-state index is -0.220. The van der Waals surface area contributed by atoms with Crippen LogP contribution in [-0.2, 0) is 11.3 Å². The highest BCUT2D eigenvalue weighted by Crippen LogP contribution is 2.43. The Kier molecular flexibility index (Phi) is 5.37. The van der Waals surface area contributed by atoms with Gasteiger partial charge in [0.1, 0.15) is 5.69 Å². The maximum absolute atomic E-state index is 13.0. The van der Waals surface area contributed by atoms with Crippen LogP contribution in [0.2, 0.25) is 0 Å². The molecule has 2 aliphatic rings. The summed E-state index contributed by atoms with van der Waals surface area (Å²) in [5.74, 6) is 1.71. The quantitative estimate of drug-likeness (QED) is 0.709. The SMILES string of the molecule is COCCn1nc(C(=O)N(C[C@@H]2C[C@H]3C=C[C@H]2C3)C(C)C)ccc1=O. The molecule has 6 nitrogen and oxygen atoms in total. The monoisotopic (exact) mass is 345 g/mol. The molecule has 3 rings (SSSR count). The molecule has 0 unspecified atom stereocenters. The minimum Gasteiger partial charge on any atom is -0.383 e. The summed E-state index contributed by atoms with van der Waals surface area (Å²) in [6, 6.07) is 3.04. The van der Waals surface area contributed by atoms with Gasteiger partial charge in [0, 0.05) is 25.8 Å². The molecule has 6 heteroatoms. The van der Waals surface area contributed by atoms with E-state index in [1.54, 1.807) is 7.11 Å². The summed E-state index contributed by atoms with van der Waals surface area (Å²) < 4.78 is 6.30. The van der Waals surface area contributed by atoms with Gasteiger partial charge in [0.25, 0.3) is 11.5 Å². The van der Waals surface area contributed by atoms with E-state index in [9.17, 15) is 9.59 Å². The van der Waals surface area contributed by atoms with Crippen molar-refractivity contribution >= 4 is 5.91 Å². The van der Waals surface area contributed by atoms with Crippen molar-refractivity contribution in [2.45, 2.75) is 39.3 Å². The molecule has 0 aliphatic heterocycles. The van der Waals surface area contributed by atoms with Gasteiger partial charge in [0.15, 0.2) is 0 Å². The van der Waals surface area contributed by atoms with Crippen molar-refractivity contribution in [2.24, 2.45) is 17.8 Å². The average molecular weight is 345 g/mol. The van der Waals surface area contributed by atoms with Crippen LogP contribution < -0.4 is 5.56 Å². The highest BCUT2D eigenvalue weighted by atomic mass is 16.5. The van der Waals surface area contributed by atoms with Gasteiger partial charge in [-0.15, -0.1) is 0 Å². The Balaban J connectivity index is 1.76. The maximum atomic E-state index is 13.0. The van der Waals surface area contributed by atoms with E-state index in [1.807, 2.05) is 18.7 Å².